The number of benzene rings is 2. The Morgan fingerprint density at radius 1 is 1.17 bits per heavy atom. The zero-order chi connectivity index (χ0) is 16.7. The Kier molecular flexibility index (Phi) is 6.46. The third-order valence-corrected chi connectivity index (χ3v) is 4.48. The molecule has 0 saturated carbocycles. The van der Waals surface area contributed by atoms with E-state index in [2.05, 4.69) is 0 Å². The molecule has 0 spiro atoms. The second kappa shape index (κ2) is 8.57. The lowest BCUT2D eigenvalue weighted by molar-refractivity contribution is -0.143. The largest absolute Gasteiger partial charge is 0.480 e. The maximum atomic E-state index is 10.5. The lowest BCUT2D eigenvalue weighted by atomic mass is 10.1. The fourth-order valence-electron chi connectivity index (χ4n) is 2.10. The number of hydrogen-bond acceptors (Lipinski definition) is 5. The fourth-order valence-corrected chi connectivity index (χ4v) is 3.28. The molecule has 0 radical (unpaired) electrons. The van der Waals surface area contributed by atoms with Gasteiger partial charge in [0, 0.05) is 10.6 Å². The van der Waals surface area contributed by atoms with E-state index < -0.39 is 18.7 Å². The minimum Gasteiger partial charge on any atom is -0.480 e. The Hall–Kier alpha value is -2.02. The molecular formula is C17H19NO4S. The van der Waals surface area contributed by atoms with Gasteiger partial charge in [0.2, 0.25) is 0 Å². The Morgan fingerprint density at radius 3 is 2.57 bits per heavy atom. The number of anilines is 1. The van der Waals surface area contributed by atoms with Gasteiger partial charge in [0.25, 0.3) is 0 Å². The summed E-state index contributed by atoms with van der Waals surface area (Å²) in [5.41, 5.74) is 7.38. The molecule has 2 atom stereocenters. The molecule has 0 aliphatic heterocycles. The smallest absolute Gasteiger partial charge is 0.329 e. The van der Waals surface area contributed by atoms with Crippen molar-refractivity contribution in [2.24, 2.45) is 0 Å². The third kappa shape index (κ3) is 5.59. The average molecular weight is 333 g/mol. The molecule has 0 amide bonds. The summed E-state index contributed by atoms with van der Waals surface area (Å²) in [6, 6.07) is 16.9. The molecule has 0 aromatic heterocycles. The van der Waals surface area contributed by atoms with Crippen molar-refractivity contribution in [2.75, 3.05) is 18.9 Å². The summed E-state index contributed by atoms with van der Waals surface area (Å²) in [5, 5.41) is 18.8. The van der Waals surface area contributed by atoms with Gasteiger partial charge in [-0.2, -0.15) is 0 Å². The number of aliphatic carboxylic acids is 1. The summed E-state index contributed by atoms with van der Waals surface area (Å²) in [4.78, 5) is 11.5. The van der Waals surface area contributed by atoms with Crippen molar-refractivity contribution in [1.82, 2.24) is 0 Å². The number of carbonyl (C=O) groups is 1. The predicted molar refractivity (Wildman–Crippen MR) is 90.4 cm³/mol. The summed E-state index contributed by atoms with van der Waals surface area (Å²) < 4.78 is 5.03. The van der Waals surface area contributed by atoms with Gasteiger partial charge in [0.1, 0.15) is 6.61 Å². The van der Waals surface area contributed by atoms with Crippen LogP contribution < -0.4 is 5.73 Å². The molecule has 122 valence electrons. The first-order valence-electron chi connectivity index (χ1n) is 7.11. The van der Waals surface area contributed by atoms with Gasteiger partial charge in [-0.25, -0.2) is 4.79 Å². The van der Waals surface area contributed by atoms with Crippen molar-refractivity contribution in [3.8, 4) is 0 Å². The highest BCUT2D eigenvalue weighted by atomic mass is 32.2. The number of carboxylic acids is 1. The Labute approximate surface area is 139 Å². The SMILES string of the molecule is Nc1cccc(SC(c2ccccc2)C(O)COCC(=O)O)c1. The van der Waals surface area contributed by atoms with Gasteiger partial charge in [-0.15, -0.1) is 11.8 Å². The van der Waals surface area contributed by atoms with E-state index in [1.165, 1.54) is 11.8 Å². The maximum absolute atomic E-state index is 10.5. The summed E-state index contributed by atoms with van der Waals surface area (Å²) in [6.07, 6.45) is -0.844. The van der Waals surface area contributed by atoms with Crippen molar-refractivity contribution < 1.29 is 19.7 Å². The number of aliphatic hydroxyl groups is 1. The second-order valence-electron chi connectivity index (χ2n) is 5.00. The lowest BCUT2D eigenvalue weighted by Gasteiger charge is -2.23. The van der Waals surface area contributed by atoms with Crippen molar-refractivity contribution in [3.05, 3.63) is 60.2 Å². The van der Waals surface area contributed by atoms with Gasteiger partial charge >= 0.3 is 5.97 Å². The molecule has 2 unspecified atom stereocenters. The van der Waals surface area contributed by atoms with Crippen LogP contribution in [0, 0.1) is 0 Å². The summed E-state index contributed by atoms with van der Waals surface area (Å²) in [5.74, 6) is -1.06. The Balaban J connectivity index is 2.13. The fraction of sp³-hybridized carbons (Fsp3) is 0.235. The zero-order valence-electron chi connectivity index (χ0n) is 12.5. The topological polar surface area (TPSA) is 92.8 Å². The molecule has 4 N–H and O–H groups in total. The molecule has 0 fully saturated rings. The number of nitrogen functional groups attached to an aromatic ring is 1. The van der Waals surface area contributed by atoms with Gasteiger partial charge in [-0.05, 0) is 23.8 Å². The number of ether oxygens (including phenoxy) is 1. The van der Waals surface area contributed by atoms with Crippen LogP contribution in [-0.2, 0) is 9.53 Å². The number of rotatable bonds is 8. The molecule has 5 nitrogen and oxygen atoms in total. The second-order valence-corrected chi connectivity index (χ2v) is 6.21. The van der Waals surface area contributed by atoms with Crippen LogP contribution in [0.15, 0.2) is 59.5 Å². The van der Waals surface area contributed by atoms with Crippen LogP contribution in [0.5, 0.6) is 0 Å². The molecule has 2 aromatic rings. The van der Waals surface area contributed by atoms with E-state index in [-0.39, 0.29) is 11.9 Å². The highest BCUT2D eigenvalue weighted by Gasteiger charge is 2.23. The average Bonchev–Trinajstić information content (AvgIpc) is 2.53. The predicted octanol–water partition coefficient (Wildman–Crippen LogP) is 2.56. The molecule has 2 aromatic carbocycles. The van der Waals surface area contributed by atoms with Crippen molar-refractivity contribution in [2.45, 2.75) is 16.2 Å². The molecule has 0 heterocycles. The molecule has 2 rings (SSSR count). The molecule has 6 heteroatoms. The Bertz CT molecular complexity index is 636. The van der Waals surface area contributed by atoms with Gasteiger partial charge in [-0.3, -0.25) is 0 Å². The highest BCUT2D eigenvalue weighted by molar-refractivity contribution is 7.99. The van der Waals surface area contributed by atoms with Gasteiger partial charge < -0.3 is 20.7 Å². The van der Waals surface area contributed by atoms with Crippen LogP contribution in [0.25, 0.3) is 0 Å². The van der Waals surface area contributed by atoms with Crippen LogP contribution in [0.3, 0.4) is 0 Å². The van der Waals surface area contributed by atoms with Gasteiger partial charge in [-0.1, -0.05) is 36.4 Å². The first-order valence-corrected chi connectivity index (χ1v) is 7.99. The minimum absolute atomic E-state index is 0.0544. The first kappa shape index (κ1) is 17.3. The van der Waals surface area contributed by atoms with Crippen molar-refractivity contribution >= 4 is 23.4 Å². The summed E-state index contributed by atoms with van der Waals surface area (Å²) in [7, 11) is 0. The molecule has 0 bridgehead atoms. The monoisotopic (exact) mass is 333 g/mol. The van der Waals surface area contributed by atoms with E-state index >= 15 is 0 Å². The molecular weight excluding hydrogens is 314 g/mol. The standard InChI is InChI=1S/C17H19NO4S/c18-13-7-4-8-14(9-13)23-17(12-5-2-1-3-6-12)15(19)10-22-11-16(20)21/h1-9,15,17,19H,10-11,18H2,(H,20,21). The van der Waals surface area contributed by atoms with Crippen molar-refractivity contribution in [3.63, 3.8) is 0 Å². The third-order valence-electron chi connectivity index (χ3n) is 3.11. The Morgan fingerprint density at radius 2 is 1.91 bits per heavy atom. The van der Waals surface area contributed by atoms with E-state index in [4.69, 9.17) is 15.6 Å². The number of carboxylic acid groups (broad SMARTS) is 1. The van der Waals surface area contributed by atoms with E-state index in [0.717, 1.165) is 10.5 Å². The highest BCUT2D eigenvalue weighted by Crippen LogP contribution is 2.38. The quantitative estimate of drug-likeness (QED) is 0.508. The van der Waals surface area contributed by atoms with Crippen molar-refractivity contribution in [1.29, 1.82) is 0 Å². The normalized spacial score (nSPS) is 13.4. The summed E-state index contributed by atoms with van der Waals surface area (Å²) >= 11 is 1.47. The van der Waals surface area contributed by atoms with Crippen LogP contribution >= 0.6 is 11.8 Å². The molecule has 0 aliphatic rings. The number of aliphatic hydroxyl groups excluding tert-OH is 1. The van der Waals surface area contributed by atoms with Crippen LogP contribution in [-0.4, -0.2) is 35.5 Å². The van der Waals surface area contributed by atoms with Crippen LogP contribution in [0.4, 0.5) is 5.69 Å². The molecule has 23 heavy (non-hydrogen) atoms. The molecule has 0 saturated heterocycles. The van der Waals surface area contributed by atoms with Gasteiger partial charge in [0.05, 0.1) is 18.0 Å². The van der Waals surface area contributed by atoms with E-state index in [1.54, 1.807) is 6.07 Å². The van der Waals surface area contributed by atoms with Gasteiger partial charge in [0.15, 0.2) is 0 Å². The van der Waals surface area contributed by atoms with Crippen LogP contribution in [0.2, 0.25) is 0 Å². The number of thioether (sulfide) groups is 1. The van der Waals surface area contributed by atoms with Crippen LogP contribution in [0.1, 0.15) is 10.8 Å². The maximum Gasteiger partial charge on any atom is 0.329 e. The molecule has 0 aliphatic carbocycles. The zero-order valence-corrected chi connectivity index (χ0v) is 13.3. The van der Waals surface area contributed by atoms with E-state index in [9.17, 15) is 9.90 Å². The lowest BCUT2D eigenvalue weighted by Crippen LogP contribution is -2.24. The first-order chi connectivity index (χ1) is 11.1. The number of hydrogen-bond donors (Lipinski definition) is 3. The van der Waals surface area contributed by atoms with E-state index in [0.29, 0.717) is 5.69 Å². The van der Waals surface area contributed by atoms with E-state index in [1.807, 2.05) is 48.5 Å². The minimum atomic E-state index is -1.06. The number of nitrogens with two attached hydrogens (primary N) is 1. The summed E-state index contributed by atoms with van der Waals surface area (Å²) in [6.45, 7) is -0.483.